The Morgan fingerprint density at radius 1 is 1.33 bits per heavy atom. The molecule has 4 fully saturated rings. The summed E-state index contributed by atoms with van der Waals surface area (Å²) in [5.74, 6) is 2.44. The standard InChI is InChI=1S/C16H23NO/c1-3-10-4-11-6-13-15(2,7-11)12(5-10)16(13)8-14(18)17-9-16/h11-14,17-18H,1,4-9H2,2H3/t11-,12-,13+,14?,15+,16+/m0/s1. The zero-order valence-corrected chi connectivity index (χ0v) is 11.2. The van der Waals surface area contributed by atoms with Crippen LogP contribution in [0.4, 0.5) is 0 Å². The van der Waals surface area contributed by atoms with Crippen LogP contribution in [0, 0.1) is 28.6 Å². The van der Waals surface area contributed by atoms with Crippen LogP contribution < -0.4 is 5.32 Å². The van der Waals surface area contributed by atoms with Crippen LogP contribution in [-0.4, -0.2) is 17.9 Å². The van der Waals surface area contributed by atoms with Crippen LogP contribution in [0.15, 0.2) is 17.9 Å². The van der Waals surface area contributed by atoms with E-state index in [0.29, 0.717) is 10.8 Å². The van der Waals surface area contributed by atoms with Gasteiger partial charge in [-0.25, -0.2) is 0 Å². The Morgan fingerprint density at radius 2 is 2.17 bits per heavy atom. The van der Waals surface area contributed by atoms with E-state index in [1.165, 1.54) is 31.3 Å². The zero-order valence-electron chi connectivity index (χ0n) is 11.2. The third-order valence-electron chi connectivity index (χ3n) is 6.75. The second-order valence-corrected chi connectivity index (χ2v) is 7.44. The van der Waals surface area contributed by atoms with Gasteiger partial charge in [0, 0.05) is 6.54 Å². The Labute approximate surface area is 109 Å². The first-order valence-corrected chi connectivity index (χ1v) is 7.38. The number of fused-ring (bicyclic) bond motifs is 3. The van der Waals surface area contributed by atoms with Gasteiger partial charge in [-0.2, -0.15) is 0 Å². The zero-order chi connectivity index (χ0) is 12.5. The Kier molecular flexibility index (Phi) is 2.07. The number of aliphatic hydroxyl groups excluding tert-OH is 1. The molecule has 1 unspecified atom stereocenters. The number of aliphatic hydroxyl groups is 1. The fourth-order valence-corrected chi connectivity index (χ4v) is 6.29. The van der Waals surface area contributed by atoms with Crippen molar-refractivity contribution in [3.8, 4) is 0 Å². The summed E-state index contributed by atoms with van der Waals surface area (Å²) >= 11 is 0. The average Bonchev–Trinajstić information content (AvgIpc) is 2.80. The summed E-state index contributed by atoms with van der Waals surface area (Å²) in [4.78, 5) is 0. The highest BCUT2D eigenvalue weighted by Crippen LogP contribution is 2.77. The molecule has 2 heteroatoms. The summed E-state index contributed by atoms with van der Waals surface area (Å²) in [6.45, 7) is 7.42. The van der Waals surface area contributed by atoms with Gasteiger partial charge in [0.05, 0.1) is 0 Å². The van der Waals surface area contributed by atoms with Crippen molar-refractivity contribution in [1.29, 1.82) is 0 Å². The third kappa shape index (κ3) is 1.13. The van der Waals surface area contributed by atoms with E-state index in [1.54, 1.807) is 0 Å². The SMILES string of the molecule is C=C=C1C[C@H]2C[C@@H]3[C@](C)(C2)[C@H](C1)[C@@]31CNC(O)C1. The topological polar surface area (TPSA) is 32.3 Å². The number of hydrogen-bond acceptors (Lipinski definition) is 2. The number of allylic oxidation sites excluding steroid dienone is 1. The quantitative estimate of drug-likeness (QED) is 0.643. The van der Waals surface area contributed by atoms with Gasteiger partial charge in [-0.15, -0.1) is 5.73 Å². The van der Waals surface area contributed by atoms with Crippen molar-refractivity contribution in [1.82, 2.24) is 5.32 Å². The van der Waals surface area contributed by atoms with E-state index in [-0.39, 0.29) is 6.23 Å². The first kappa shape index (κ1) is 11.3. The second kappa shape index (κ2) is 3.30. The van der Waals surface area contributed by atoms with E-state index in [4.69, 9.17) is 0 Å². The molecular weight excluding hydrogens is 222 g/mol. The molecule has 2 bridgehead atoms. The monoisotopic (exact) mass is 245 g/mol. The summed E-state index contributed by atoms with van der Waals surface area (Å²) in [6.07, 6.45) is 5.87. The van der Waals surface area contributed by atoms with E-state index in [1.807, 2.05) is 0 Å². The molecule has 1 saturated heterocycles. The molecule has 1 heterocycles. The van der Waals surface area contributed by atoms with Gasteiger partial charge in [0.1, 0.15) is 6.23 Å². The molecule has 4 rings (SSSR count). The molecule has 18 heavy (non-hydrogen) atoms. The van der Waals surface area contributed by atoms with Crippen molar-refractivity contribution < 1.29 is 5.11 Å². The minimum absolute atomic E-state index is 0.272. The lowest BCUT2D eigenvalue weighted by Gasteiger charge is -2.65. The lowest BCUT2D eigenvalue weighted by atomic mass is 9.39. The van der Waals surface area contributed by atoms with Gasteiger partial charge in [-0.1, -0.05) is 13.5 Å². The van der Waals surface area contributed by atoms with E-state index in [9.17, 15) is 5.11 Å². The fourth-order valence-electron chi connectivity index (χ4n) is 6.29. The van der Waals surface area contributed by atoms with Gasteiger partial charge in [-0.3, -0.25) is 5.32 Å². The first-order valence-electron chi connectivity index (χ1n) is 7.38. The Morgan fingerprint density at radius 3 is 2.83 bits per heavy atom. The Hall–Kier alpha value is -0.560. The van der Waals surface area contributed by atoms with Crippen molar-refractivity contribution in [3.63, 3.8) is 0 Å². The van der Waals surface area contributed by atoms with Crippen LogP contribution in [-0.2, 0) is 0 Å². The predicted molar refractivity (Wildman–Crippen MR) is 70.8 cm³/mol. The van der Waals surface area contributed by atoms with Crippen LogP contribution >= 0.6 is 0 Å². The van der Waals surface area contributed by atoms with Crippen LogP contribution in [0.5, 0.6) is 0 Å². The predicted octanol–water partition coefficient (Wildman–Crippen LogP) is 2.45. The normalized spacial score (nSPS) is 57.3. The second-order valence-electron chi connectivity index (χ2n) is 7.44. The molecule has 0 aromatic heterocycles. The third-order valence-corrected chi connectivity index (χ3v) is 6.75. The number of nitrogens with one attached hydrogen (secondary N) is 1. The molecule has 1 spiro atoms. The number of rotatable bonds is 0. The summed E-state index contributed by atoms with van der Waals surface area (Å²) in [7, 11) is 0. The highest BCUT2D eigenvalue weighted by atomic mass is 16.3. The molecule has 0 aromatic carbocycles. The van der Waals surface area contributed by atoms with Gasteiger partial charge in [0.15, 0.2) is 0 Å². The molecule has 1 aliphatic heterocycles. The van der Waals surface area contributed by atoms with E-state index in [0.717, 1.165) is 30.7 Å². The average molecular weight is 245 g/mol. The van der Waals surface area contributed by atoms with Crippen LogP contribution in [0.1, 0.15) is 39.0 Å². The lowest BCUT2D eigenvalue weighted by molar-refractivity contribution is -0.166. The van der Waals surface area contributed by atoms with E-state index >= 15 is 0 Å². The maximum absolute atomic E-state index is 9.91. The van der Waals surface area contributed by atoms with Crippen LogP contribution in [0.2, 0.25) is 0 Å². The van der Waals surface area contributed by atoms with Crippen molar-refractivity contribution in [3.05, 3.63) is 17.9 Å². The molecule has 6 atom stereocenters. The van der Waals surface area contributed by atoms with Gasteiger partial charge in [-0.05, 0) is 66.3 Å². The van der Waals surface area contributed by atoms with Crippen molar-refractivity contribution >= 4 is 0 Å². The molecular formula is C16H23NO. The van der Waals surface area contributed by atoms with Gasteiger partial charge < -0.3 is 5.11 Å². The molecule has 3 aliphatic carbocycles. The highest BCUT2D eigenvalue weighted by Gasteiger charge is 2.72. The largest absolute Gasteiger partial charge is 0.379 e. The summed E-state index contributed by atoms with van der Waals surface area (Å²) in [5, 5.41) is 13.2. The lowest BCUT2D eigenvalue weighted by Crippen LogP contribution is -2.62. The van der Waals surface area contributed by atoms with E-state index in [2.05, 4.69) is 24.6 Å². The molecule has 3 saturated carbocycles. The molecule has 0 amide bonds. The van der Waals surface area contributed by atoms with E-state index < -0.39 is 0 Å². The maximum atomic E-state index is 9.91. The van der Waals surface area contributed by atoms with Crippen molar-refractivity contribution in [2.24, 2.45) is 28.6 Å². The molecule has 4 aliphatic rings. The number of hydrogen-bond donors (Lipinski definition) is 2. The Balaban J connectivity index is 1.76. The smallest absolute Gasteiger partial charge is 0.105 e. The van der Waals surface area contributed by atoms with Crippen LogP contribution in [0.25, 0.3) is 0 Å². The minimum Gasteiger partial charge on any atom is -0.379 e. The van der Waals surface area contributed by atoms with Gasteiger partial charge in [0.25, 0.3) is 0 Å². The minimum atomic E-state index is -0.272. The van der Waals surface area contributed by atoms with Crippen molar-refractivity contribution in [2.45, 2.75) is 45.3 Å². The molecule has 0 aromatic rings. The van der Waals surface area contributed by atoms with Crippen molar-refractivity contribution in [2.75, 3.05) is 6.54 Å². The molecule has 2 N–H and O–H groups in total. The van der Waals surface area contributed by atoms with Gasteiger partial charge >= 0.3 is 0 Å². The highest BCUT2D eigenvalue weighted by molar-refractivity contribution is 5.26. The maximum Gasteiger partial charge on any atom is 0.105 e. The first-order chi connectivity index (χ1) is 8.58. The summed E-state index contributed by atoms with van der Waals surface area (Å²) in [6, 6.07) is 0. The molecule has 0 radical (unpaired) electrons. The molecule has 98 valence electrons. The fraction of sp³-hybridized carbons (Fsp3) is 0.812. The summed E-state index contributed by atoms with van der Waals surface area (Å²) in [5.41, 5.74) is 5.57. The van der Waals surface area contributed by atoms with Crippen LogP contribution in [0.3, 0.4) is 0 Å². The molecule has 2 nitrogen and oxygen atoms in total. The summed E-state index contributed by atoms with van der Waals surface area (Å²) < 4.78 is 0. The van der Waals surface area contributed by atoms with Gasteiger partial charge in [0.2, 0.25) is 0 Å². The Bertz CT molecular complexity index is 452.